The van der Waals surface area contributed by atoms with E-state index in [-0.39, 0.29) is 29.4 Å². The van der Waals surface area contributed by atoms with Crippen LogP contribution in [0.2, 0.25) is 0 Å². The van der Waals surface area contributed by atoms with Gasteiger partial charge in [0.1, 0.15) is 23.2 Å². The Bertz CT molecular complexity index is 1270. The fourth-order valence-electron chi connectivity index (χ4n) is 3.22. The van der Waals surface area contributed by atoms with E-state index in [0.717, 1.165) is 5.56 Å². The number of fused-ring (bicyclic) bond motifs is 1. The zero-order valence-electron chi connectivity index (χ0n) is 17.1. The number of ether oxygens (including phenoxy) is 1. The summed E-state index contributed by atoms with van der Waals surface area (Å²) in [5.74, 6) is 0.0386. The summed E-state index contributed by atoms with van der Waals surface area (Å²) in [6, 6.07) is 19.4. The third-order valence-electron chi connectivity index (χ3n) is 4.83. The molecule has 8 nitrogen and oxygen atoms in total. The average molecular weight is 426 g/mol. The number of carbonyl (C=O) groups excluding carboxylic acids is 2. The largest absolute Gasteiger partial charge is 0.497 e. The van der Waals surface area contributed by atoms with Crippen LogP contribution in [0.4, 0.5) is 0 Å². The molecule has 8 heteroatoms. The molecule has 4 rings (SSSR count). The molecule has 32 heavy (non-hydrogen) atoms. The van der Waals surface area contributed by atoms with Crippen LogP contribution in [0.1, 0.15) is 27.2 Å². The predicted octanol–water partition coefficient (Wildman–Crippen LogP) is 3.03. The Labute approximate surface area is 183 Å². The van der Waals surface area contributed by atoms with Crippen molar-refractivity contribution in [3.63, 3.8) is 0 Å². The highest BCUT2D eigenvalue weighted by atomic mass is 16.5. The number of aliphatic imine (C=N–C) groups is 1. The normalized spacial score (nSPS) is 13.4. The number of methoxy groups -OCH3 is 1. The monoisotopic (exact) mass is 426 g/mol. The van der Waals surface area contributed by atoms with Gasteiger partial charge in [-0.3, -0.25) is 9.59 Å². The van der Waals surface area contributed by atoms with Gasteiger partial charge in [-0.1, -0.05) is 36.4 Å². The quantitative estimate of drug-likeness (QED) is 0.480. The molecule has 1 aromatic heterocycles. The SMILES string of the molecule is COc1ccc(CNC(=O)C(C#N)=C2N=C(NC(=O)c3ccco3)c3ccccc32)cc1. The lowest BCUT2D eigenvalue weighted by Crippen LogP contribution is -2.30. The molecule has 2 N–H and O–H groups in total. The number of amidine groups is 1. The van der Waals surface area contributed by atoms with Crippen molar-refractivity contribution < 1.29 is 18.7 Å². The molecule has 0 saturated carbocycles. The smallest absolute Gasteiger partial charge is 0.292 e. The first-order chi connectivity index (χ1) is 15.6. The van der Waals surface area contributed by atoms with Crippen LogP contribution in [-0.2, 0) is 11.3 Å². The molecule has 2 aromatic carbocycles. The molecule has 0 unspecified atom stereocenters. The maximum Gasteiger partial charge on any atom is 0.292 e. The van der Waals surface area contributed by atoms with E-state index in [4.69, 9.17) is 9.15 Å². The van der Waals surface area contributed by atoms with Gasteiger partial charge in [0.15, 0.2) is 5.76 Å². The van der Waals surface area contributed by atoms with Gasteiger partial charge in [-0.2, -0.15) is 5.26 Å². The molecule has 0 spiro atoms. The molecule has 0 fully saturated rings. The van der Waals surface area contributed by atoms with E-state index in [2.05, 4.69) is 15.6 Å². The van der Waals surface area contributed by atoms with Crippen LogP contribution < -0.4 is 15.4 Å². The van der Waals surface area contributed by atoms with Crippen LogP contribution in [-0.4, -0.2) is 24.8 Å². The molecule has 0 atom stereocenters. The van der Waals surface area contributed by atoms with E-state index in [9.17, 15) is 14.9 Å². The van der Waals surface area contributed by atoms with Crippen LogP contribution in [0.25, 0.3) is 5.70 Å². The number of carbonyl (C=O) groups is 2. The van der Waals surface area contributed by atoms with Crippen LogP contribution in [0, 0.1) is 11.3 Å². The number of furan rings is 1. The van der Waals surface area contributed by atoms with Gasteiger partial charge < -0.3 is 19.8 Å². The second kappa shape index (κ2) is 9.02. The second-order valence-electron chi connectivity index (χ2n) is 6.80. The van der Waals surface area contributed by atoms with Crippen molar-refractivity contribution in [2.75, 3.05) is 7.11 Å². The Kier molecular flexibility index (Phi) is 5.81. The van der Waals surface area contributed by atoms with Gasteiger partial charge in [-0.05, 0) is 29.8 Å². The van der Waals surface area contributed by atoms with Gasteiger partial charge in [0.2, 0.25) is 0 Å². The third kappa shape index (κ3) is 4.13. The van der Waals surface area contributed by atoms with E-state index >= 15 is 0 Å². The Morgan fingerprint density at radius 2 is 1.81 bits per heavy atom. The first-order valence-electron chi connectivity index (χ1n) is 9.69. The molecule has 0 radical (unpaired) electrons. The van der Waals surface area contributed by atoms with Crippen molar-refractivity contribution in [3.8, 4) is 11.8 Å². The minimum atomic E-state index is -0.560. The van der Waals surface area contributed by atoms with Crippen molar-refractivity contribution in [1.29, 1.82) is 5.26 Å². The molecular weight excluding hydrogens is 408 g/mol. The standard InChI is InChI=1S/C24H18N4O4/c1-31-16-10-8-15(9-11-16)14-26-23(29)19(13-25)21-17-5-2-3-6-18(17)22(27-21)28-24(30)20-7-4-12-32-20/h2-12H,14H2,1H3,(H,26,29)(H,27,28,30). The van der Waals surface area contributed by atoms with Gasteiger partial charge in [0.25, 0.3) is 11.8 Å². The zero-order valence-corrected chi connectivity index (χ0v) is 17.1. The van der Waals surface area contributed by atoms with E-state index in [1.54, 1.807) is 49.6 Å². The average Bonchev–Trinajstić information content (AvgIpc) is 3.48. The van der Waals surface area contributed by atoms with Gasteiger partial charge in [-0.25, -0.2) is 4.99 Å². The highest BCUT2D eigenvalue weighted by molar-refractivity contribution is 6.20. The Morgan fingerprint density at radius 1 is 1.06 bits per heavy atom. The summed E-state index contributed by atoms with van der Waals surface area (Å²) in [5, 5.41) is 15.1. The lowest BCUT2D eigenvalue weighted by atomic mass is 10.0. The molecule has 3 aromatic rings. The maximum absolute atomic E-state index is 12.8. The summed E-state index contributed by atoms with van der Waals surface area (Å²) in [7, 11) is 1.58. The van der Waals surface area contributed by atoms with Crippen molar-refractivity contribution in [3.05, 3.63) is 95.0 Å². The molecule has 158 valence electrons. The minimum absolute atomic E-state index is 0.125. The minimum Gasteiger partial charge on any atom is -0.497 e. The van der Waals surface area contributed by atoms with Crippen LogP contribution in [0.15, 0.2) is 81.9 Å². The number of nitrogens with one attached hydrogen (secondary N) is 2. The van der Waals surface area contributed by atoms with Crippen LogP contribution in [0.3, 0.4) is 0 Å². The Morgan fingerprint density at radius 3 is 2.47 bits per heavy atom. The highest BCUT2D eigenvalue weighted by Gasteiger charge is 2.27. The van der Waals surface area contributed by atoms with Crippen LogP contribution in [0.5, 0.6) is 5.75 Å². The summed E-state index contributed by atoms with van der Waals surface area (Å²) in [4.78, 5) is 29.6. The molecule has 1 aliphatic rings. The fourth-order valence-corrected chi connectivity index (χ4v) is 3.22. The summed E-state index contributed by atoms with van der Waals surface area (Å²) in [6.07, 6.45) is 1.39. The van der Waals surface area contributed by atoms with E-state index in [1.807, 2.05) is 18.2 Å². The van der Waals surface area contributed by atoms with Gasteiger partial charge in [0.05, 0.1) is 19.1 Å². The van der Waals surface area contributed by atoms with Crippen LogP contribution >= 0.6 is 0 Å². The molecular formula is C24H18N4O4. The van der Waals surface area contributed by atoms with Crippen molar-refractivity contribution in [2.24, 2.45) is 4.99 Å². The lowest BCUT2D eigenvalue weighted by molar-refractivity contribution is -0.117. The number of benzene rings is 2. The number of rotatable bonds is 5. The van der Waals surface area contributed by atoms with Crippen molar-refractivity contribution >= 4 is 23.3 Å². The van der Waals surface area contributed by atoms with Gasteiger partial charge in [0, 0.05) is 17.7 Å². The third-order valence-corrected chi connectivity index (χ3v) is 4.83. The van der Waals surface area contributed by atoms with Gasteiger partial charge >= 0.3 is 0 Å². The molecule has 0 bridgehead atoms. The van der Waals surface area contributed by atoms with Crippen molar-refractivity contribution in [2.45, 2.75) is 6.54 Å². The van der Waals surface area contributed by atoms with E-state index in [1.165, 1.54) is 12.3 Å². The van der Waals surface area contributed by atoms with Gasteiger partial charge in [-0.15, -0.1) is 0 Å². The van der Waals surface area contributed by atoms with E-state index in [0.29, 0.717) is 16.9 Å². The Balaban J connectivity index is 1.59. The topological polar surface area (TPSA) is 117 Å². The lowest BCUT2D eigenvalue weighted by Gasteiger charge is -2.07. The Hall–Kier alpha value is -4.64. The molecule has 2 amide bonds. The molecule has 0 aliphatic carbocycles. The maximum atomic E-state index is 12.8. The number of nitriles is 1. The fraction of sp³-hybridized carbons (Fsp3) is 0.0833. The summed E-state index contributed by atoms with van der Waals surface area (Å²) >= 11 is 0. The zero-order chi connectivity index (χ0) is 22.5. The first kappa shape index (κ1) is 20.6. The summed E-state index contributed by atoms with van der Waals surface area (Å²) < 4.78 is 10.2. The van der Waals surface area contributed by atoms with E-state index < -0.39 is 11.8 Å². The first-order valence-corrected chi connectivity index (χ1v) is 9.69. The number of hydrogen-bond donors (Lipinski definition) is 2. The van der Waals surface area contributed by atoms with Crippen molar-refractivity contribution in [1.82, 2.24) is 10.6 Å². The molecule has 0 saturated heterocycles. The number of nitrogens with zero attached hydrogens (tertiary/aromatic N) is 2. The summed E-state index contributed by atoms with van der Waals surface area (Å²) in [5.41, 5.74) is 2.10. The molecule has 2 heterocycles. The molecule has 1 aliphatic heterocycles. The number of hydrogen-bond acceptors (Lipinski definition) is 6. The number of amides is 2. The second-order valence-corrected chi connectivity index (χ2v) is 6.80. The summed E-state index contributed by atoms with van der Waals surface area (Å²) in [6.45, 7) is 0.231. The predicted molar refractivity (Wildman–Crippen MR) is 117 cm³/mol. The highest BCUT2D eigenvalue weighted by Crippen LogP contribution is 2.30.